The number of hydrogen-bond donors (Lipinski definition) is 3. The minimum atomic E-state index is -0.321. The van der Waals surface area contributed by atoms with E-state index in [1.54, 1.807) is 7.05 Å². The van der Waals surface area contributed by atoms with Gasteiger partial charge in [-0.2, -0.15) is 0 Å². The van der Waals surface area contributed by atoms with Crippen LogP contribution in [0.1, 0.15) is 13.3 Å². The number of halogens is 1. The standard InChI is InChI=1S/C10H19N3O3.ClH/c1-7-9(12-5-6-16-7)10(15)13-4-3-8(14)11-2;/h7,9,12H,3-6H2,1-2H3,(H,11,14)(H,13,15);1H/t7-,9+;/m1./s1. The molecule has 0 aromatic heterocycles. The molecule has 2 atom stereocenters. The molecule has 100 valence electrons. The van der Waals surface area contributed by atoms with Crippen LogP contribution in [0.5, 0.6) is 0 Å². The summed E-state index contributed by atoms with van der Waals surface area (Å²) in [4.78, 5) is 22.6. The van der Waals surface area contributed by atoms with E-state index in [1.807, 2.05) is 6.92 Å². The second kappa shape index (κ2) is 8.27. The molecule has 6 nitrogen and oxygen atoms in total. The Labute approximate surface area is 107 Å². The monoisotopic (exact) mass is 265 g/mol. The Morgan fingerprint density at radius 2 is 2.18 bits per heavy atom. The molecule has 0 saturated carbocycles. The average Bonchev–Trinajstić information content (AvgIpc) is 2.29. The maximum absolute atomic E-state index is 11.7. The van der Waals surface area contributed by atoms with Crippen LogP contribution in [0, 0.1) is 0 Å². The molecule has 0 aliphatic carbocycles. The molecule has 1 heterocycles. The zero-order chi connectivity index (χ0) is 12.0. The van der Waals surface area contributed by atoms with E-state index in [2.05, 4.69) is 16.0 Å². The Bertz CT molecular complexity index is 263. The summed E-state index contributed by atoms with van der Waals surface area (Å²) in [5.41, 5.74) is 0. The third-order valence-electron chi connectivity index (χ3n) is 2.53. The number of hydrogen-bond acceptors (Lipinski definition) is 4. The summed E-state index contributed by atoms with van der Waals surface area (Å²) in [6.45, 7) is 3.51. The Morgan fingerprint density at radius 3 is 2.76 bits per heavy atom. The largest absolute Gasteiger partial charge is 0.375 e. The Morgan fingerprint density at radius 1 is 1.47 bits per heavy atom. The molecule has 2 amide bonds. The van der Waals surface area contributed by atoms with E-state index in [1.165, 1.54) is 0 Å². The van der Waals surface area contributed by atoms with Crippen molar-refractivity contribution in [2.24, 2.45) is 0 Å². The molecular formula is C10H20ClN3O3. The van der Waals surface area contributed by atoms with Crippen LogP contribution in [0.25, 0.3) is 0 Å². The molecule has 0 bridgehead atoms. The summed E-state index contributed by atoms with van der Waals surface area (Å²) in [6, 6.07) is -0.321. The highest BCUT2D eigenvalue weighted by Gasteiger charge is 2.27. The van der Waals surface area contributed by atoms with Crippen LogP contribution in [0.3, 0.4) is 0 Å². The van der Waals surface area contributed by atoms with Gasteiger partial charge in [0.05, 0.1) is 12.7 Å². The minimum Gasteiger partial charge on any atom is -0.375 e. The lowest BCUT2D eigenvalue weighted by Crippen LogP contribution is -2.55. The van der Waals surface area contributed by atoms with Crippen LogP contribution in [0.4, 0.5) is 0 Å². The molecule has 0 aromatic carbocycles. The predicted molar refractivity (Wildman–Crippen MR) is 66.1 cm³/mol. The second-order valence-electron chi connectivity index (χ2n) is 3.72. The first-order chi connectivity index (χ1) is 7.65. The molecule has 1 fully saturated rings. The molecule has 0 unspecified atom stereocenters. The molecule has 7 heteroatoms. The first-order valence-corrected chi connectivity index (χ1v) is 5.48. The maximum Gasteiger partial charge on any atom is 0.239 e. The topological polar surface area (TPSA) is 79.5 Å². The van der Waals surface area contributed by atoms with Crippen LogP contribution in [-0.4, -0.2) is 50.7 Å². The number of morpholine rings is 1. The molecule has 0 aromatic rings. The van der Waals surface area contributed by atoms with E-state index in [-0.39, 0.29) is 36.4 Å². The fourth-order valence-electron chi connectivity index (χ4n) is 1.56. The molecule has 1 rings (SSSR count). The lowest BCUT2D eigenvalue weighted by atomic mass is 10.1. The second-order valence-corrected chi connectivity index (χ2v) is 3.72. The van der Waals surface area contributed by atoms with Crippen LogP contribution in [0.15, 0.2) is 0 Å². The van der Waals surface area contributed by atoms with E-state index < -0.39 is 0 Å². The minimum absolute atomic E-state index is 0. The van der Waals surface area contributed by atoms with Gasteiger partial charge in [0.2, 0.25) is 11.8 Å². The van der Waals surface area contributed by atoms with Gasteiger partial charge in [0.1, 0.15) is 6.04 Å². The Hall–Kier alpha value is -0.850. The van der Waals surface area contributed by atoms with Crippen LogP contribution >= 0.6 is 12.4 Å². The zero-order valence-corrected chi connectivity index (χ0v) is 10.9. The van der Waals surface area contributed by atoms with Crippen molar-refractivity contribution in [3.05, 3.63) is 0 Å². The molecule has 1 aliphatic heterocycles. The Balaban J connectivity index is 0.00000256. The lowest BCUT2D eigenvalue weighted by Gasteiger charge is -2.29. The molecule has 17 heavy (non-hydrogen) atoms. The van der Waals surface area contributed by atoms with Crippen LogP contribution in [-0.2, 0) is 14.3 Å². The Kier molecular flexibility index (Phi) is 7.86. The number of carbonyl (C=O) groups excluding carboxylic acids is 2. The smallest absolute Gasteiger partial charge is 0.239 e. The number of ether oxygens (including phenoxy) is 1. The van der Waals surface area contributed by atoms with E-state index in [9.17, 15) is 9.59 Å². The van der Waals surface area contributed by atoms with Gasteiger partial charge in [-0.25, -0.2) is 0 Å². The quantitative estimate of drug-likeness (QED) is 0.612. The van der Waals surface area contributed by atoms with Gasteiger partial charge >= 0.3 is 0 Å². The van der Waals surface area contributed by atoms with Crippen molar-refractivity contribution in [2.45, 2.75) is 25.5 Å². The van der Waals surface area contributed by atoms with Gasteiger partial charge in [-0.1, -0.05) is 0 Å². The lowest BCUT2D eigenvalue weighted by molar-refractivity contribution is -0.129. The van der Waals surface area contributed by atoms with E-state index in [0.717, 1.165) is 0 Å². The van der Waals surface area contributed by atoms with Gasteiger partial charge in [-0.15, -0.1) is 12.4 Å². The van der Waals surface area contributed by atoms with Crippen molar-refractivity contribution in [3.63, 3.8) is 0 Å². The molecule has 1 aliphatic rings. The summed E-state index contributed by atoms with van der Waals surface area (Å²) < 4.78 is 5.36. The summed E-state index contributed by atoms with van der Waals surface area (Å²) in [6.07, 6.45) is 0.165. The summed E-state index contributed by atoms with van der Waals surface area (Å²) >= 11 is 0. The fourth-order valence-corrected chi connectivity index (χ4v) is 1.56. The van der Waals surface area contributed by atoms with Gasteiger partial charge in [0, 0.05) is 26.6 Å². The van der Waals surface area contributed by atoms with E-state index >= 15 is 0 Å². The van der Waals surface area contributed by atoms with Crippen molar-refractivity contribution >= 4 is 24.2 Å². The average molecular weight is 266 g/mol. The first-order valence-electron chi connectivity index (χ1n) is 5.48. The SMILES string of the molecule is CNC(=O)CCNC(=O)[C@H]1NCCO[C@@H]1C.Cl. The van der Waals surface area contributed by atoms with Crippen LogP contribution < -0.4 is 16.0 Å². The third-order valence-corrected chi connectivity index (χ3v) is 2.53. The highest BCUT2D eigenvalue weighted by atomic mass is 35.5. The molecule has 3 N–H and O–H groups in total. The van der Waals surface area contributed by atoms with Crippen molar-refractivity contribution in [1.29, 1.82) is 0 Å². The third kappa shape index (κ3) is 5.34. The van der Waals surface area contributed by atoms with Gasteiger partial charge in [0.15, 0.2) is 0 Å². The normalized spacial score (nSPS) is 23.4. The number of amides is 2. The fraction of sp³-hybridized carbons (Fsp3) is 0.800. The first kappa shape index (κ1) is 16.1. The summed E-state index contributed by atoms with van der Waals surface area (Å²) in [5.74, 6) is -0.197. The number of nitrogens with one attached hydrogen (secondary N) is 3. The van der Waals surface area contributed by atoms with Crippen molar-refractivity contribution < 1.29 is 14.3 Å². The predicted octanol–water partition coefficient (Wildman–Crippen LogP) is -0.963. The highest BCUT2D eigenvalue weighted by molar-refractivity contribution is 5.85. The van der Waals surface area contributed by atoms with Gasteiger partial charge in [-0.05, 0) is 6.92 Å². The molecular weight excluding hydrogens is 246 g/mol. The molecule has 1 saturated heterocycles. The van der Waals surface area contributed by atoms with Gasteiger partial charge in [0.25, 0.3) is 0 Å². The van der Waals surface area contributed by atoms with Gasteiger partial charge in [-0.3, -0.25) is 9.59 Å². The van der Waals surface area contributed by atoms with E-state index in [4.69, 9.17) is 4.74 Å². The molecule has 0 radical (unpaired) electrons. The van der Waals surface area contributed by atoms with Crippen LogP contribution in [0.2, 0.25) is 0 Å². The molecule has 0 spiro atoms. The van der Waals surface area contributed by atoms with E-state index in [0.29, 0.717) is 26.1 Å². The number of carbonyl (C=O) groups is 2. The van der Waals surface area contributed by atoms with Crippen molar-refractivity contribution in [3.8, 4) is 0 Å². The number of rotatable bonds is 4. The summed E-state index contributed by atoms with van der Waals surface area (Å²) in [7, 11) is 1.57. The highest BCUT2D eigenvalue weighted by Crippen LogP contribution is 2.03. The van der Waals surface area contributed by atoms with Gasteiger partial charge < -0.3 is 20.7 Å². The maximum atomic E-state index is 11.7. The zero-order valence-electron chi connectivity index (χ0n) is 10.1. The summed E-state index contributed by atoms with van der Waals surface area (Å²) in [5, 5.41) is 8.29. The van der Waals surface area contributed by atoms with Crippen molar-refractivity contribution in [2.75, 3.05) is 26.7 Å². The van der Waals surface area contributed by atoms with Crippen molar-refractivity contribution in [1.82, 2.24) is 16.0 Å².